The summed E-state index contributed by atoms with van der Waals surface area (Å²) >= 11 is 0. The summed E-state index contributed by atoms with van der Waals surface area (Å²) < 4.78 is 2.48. The lowest BCUT2D eigenvalue weighted by Gasteiger charge is -2.13. The minimum absolute atomic E-state index is 0.859. The van der Waals surface area contributed by atoms with E-state index >= 15 is 0 Å². The number of allylic oxidation sites excluding steroid dienone is 3. The van der Waals surface area contributed by atoms with E-state index in [-0.39, 0.29) is 0 Å². The summed E-state index contributed by atoms with van der Waals surface area (Å²) in [6, 6.07) is 53.4. The summed E-state index contributed by atoms with van der Waals surface area (Å²) in [5.74, 6) is 0. The van der Waals surface area contributed by atoms with Gasteiger partial charge in [-0.05, 0) is 87.2 Å². The third-order valence-electron chi connectivity index (χ3n) is 9.16. The van der Waals surface area contributed by atoms with E-state index in [0.717, 1.165) is 12.0 Å². The molecule has 45 heavy (non-hydrogen) atoms. The molecule has 1 nitrogen and oxygen atoms in total. The van der Waals surface area contributed by atoms with Crippen molar-refractivity contribution in [2.45, 2.75) is 13.3 Å². The van der Waals surface area contributed by atoms with Gasteiger partial charge in [0, 0.05) is 21.8 Å². The highest BCUT2D eigenvalue weighted by Gasteiger charge is 2.17. The van der Waals surface area contributed by atoms with Gasteiger partial charge < -0.3 is 4.57 Å². The highest BCUT2D eigenvalue weighted by molar-refractivity contribution is 6.19. The van der Waals surface area contributed by atoms with Crippen LogP contribution in [0.5, 0.6) is 0 Å². The standard InChI is InChI=1S/C44H33N/c1-3-31(4-2)35-20-24-40-37(28-35)21-25-42-41-23-18-30(26-36-16-10-11-17-39(36)33-13-6-5-7-14-33)27-43(41)45(44(40)42)38-22-19-32-12-8-9-15-34(32)29-38/h3-25,27-29H,1,26H2,2H3/b31-4+. The van der Waals surface area contributed by atoms with Gasteiger partial charge in [-0.15, -0.1) is 0 Å². The van der Waals surface area contributed by atoms with Crippen LogP contribution in [0.25, 0.3) is 65.7 Å². The second kappa shape index (κ2) is 11.1. The van der Waals surface area contributed by atoms with Crippen LogP contribution in [0.4, 0.5) is 0 Å². The molecule has 1 heterocycles. The quantitative estimate of drug-likeness (QED) is 0.174. The molecule has 0 radical (unpaired) electrons. The third-order valence-corrected chi connectivity index (χ3v) is 9.16. The Morgan fingerprint density at radius 3 is 2.20 bits per heavy atom. The first kappa shape index (κ1) is 26.9. The average Bonchev–Trinajstić information content (AvgIpc) is 3.43. The van der Waals surface area contributed by atoms with Crippen LogP contribution in [0, 0.1) is 0 Å². The lowest BCUT2D eigenvalue weighted by Crippen LogP contribution is -1.96. The number of fused-ring (bicyclic) bond motifs is 6. The molecule has 1 aromatic heterocycles. The monoisotopic (exact) mass is 575 g/mol. The van der Waals surface area contributed by atoms with Gasteiger partial charge in [0.25, 0.3) is 0 Å². The van der Waals surface area contributed by atoms with Gasteiger partial charge in [0.1, 0.15) is 0 Å². The van der Waals surface area contributed by atoms with Crippen molar-refractivity contribution in [2.75, 3.05) is 0 Å². The molecule has 0 spiro atoms. The summed E-state index contributed by atoms with van der Waals surface area (Å²) in [5.41, 5.74) is 11.1. The normalized spacial score (nSPS) is 12.0. The Hall–Kier alpha value is -5.66. The molecule has 0 N–H and O–H groups in total. The van der Waals surface area contributed by atoms with Gasteiger partial charge >= 0.3 is 0 Å². The van der Waals surface area contributed by atoms with Gasteiger partial charge in [-0.25, -0.2) is 0 Å². The number of hydrogen-bond donors (Lipinski definition) is 0. The van der Waals surface area contributed by atoms with Crippen LogP contribution in [0.3, 0.4) is 0 Å². The van der Waals surface area contributed by atoms with Crippen molar-refractivity contribution in [3.05, 3.63) is 181 Å². The Kier molecular flexibility index (Phi) is 6.65. The maximum atomic E-state index is 4.03. The molecule has 0 saturated heterocycles. The molecular formula is C44H33N. The van der Waals surface area contributed by atoms with Crippen molar-refractivity contribution < 1.29 is 0 Å². The van der Waals surface area contributed by atoms with Gasteiger partial charge in [0.15, 0.2) is 0 Å². The largest absolute Gasteiger partial charge is 0.309 e. The lowest BCUT2D eigenvalue weighted by atomic mass is 9.94. The van der Waals surface area contributed by atoms with E-state index in [9.17, 15) is 0 Å². The molecule has 0 fully saturated rings. The molecule has 8 aromatic rings. The first-order valence-electron chi connectivity index (χ1n) is 15.6. The van der Waals surface area contributed by atoms with Crippen LogP contribution in [-0.2, 0) is 6.42 Å². The van der Waals surface area contributed by atoms with E-state index in [1.807, 2.05) is 6.08 Å². The number of benzene rings is 7. The molecule has 0 aliphatic rings. The summed E-state index contributed by atoms with van der Waals surface area (Å²) in [7, 11) is 0. The Morgan fingerprint density at radius 2 is 1.36 bits per heavy atom. The van der Waals surface area contributed by atoms with Gasteiger partial charge in [-0.2, -0.15) is 0 Å². The van der Waals surface area contributed by atoms with Crippen molar-refractivity contribution in [1.29, 1.82) is 0 Å². The first-order chi connectivity index (χ1) is 22.2. The summed E-state index contributed by atoms with van der Waals surface area (Å²) in [4.78, 5) is 0. The molecule has 0 aliphatic heterocycles. The van der Waals surface area contributed by atoms with Crippen LogP contribution >= 0.6 is 0 Å². The molecule has 0 amide bonds. The van der Waals surface area contributed by atoms with E-state index in [0.29, 0.717) is 0 Å². The molecule has 7 aromatic carbocycles. The molecule has 0 unspecified atom stereocenters. The Labute approximate surface area is 264 Å². The zero-order chi connectivity index (χ0) is 30.3. The second-order valence-electron chi connectivity index (χ2n) is 11.8. The van der Waals surface area contributed by atoms with E-state index in [1.54, 1.807) is 0 Å². The average molecular weight is 576 g/mol. The highest BCUT2D eigenvalue weighted by atomic mass is 15.0. The topological polar surface area (TPSA) is 4.93 Å². The fourth-order valence-electron chi connectivity index (χ4n) is 6.95. The van der Waals surface area contributed by atoms with Crippen LogP contribution < -0.4 is 0 Å². The predicted octanol–water partition coefficient (Wildman–Crippen LogP) is 11.9. The molecule has 0 bridgehead atoms. The number of rotatable bonds is 6. The van der Waals surface area contributed by atoms with Crippen LogP contribution in [0.1, 0.15) is 23.6 Å². The maximum absolute atomic E-state index is 4.03. The van der Waals surface area contributed by atoms with Crippen molar-refractivity contribution in [3.8, 4) is 16.8 Å². The van der Waals surface area contributed by atoms with Gasteiger partial charge in [0.05, 0.1) is 11.0 Å². The fourth-order valence-corrected chi connectivity index (χ4v) is 6.95. The molecule has 0 atom stereocenters. The fraction of sp³-hybridized carbons (Fsp3) is 0.0455. The van der Waals surface area contributed by atoms with Gasteiger partial charge in [-0.3, -0.25) is 0 Å². The van der Waals surface area contributed by atoms with Crippen LogP contribution in [0.15, 0.2) is 164 Å². The minimum Gasteiger partial charge on any atom is -0.309 e. The molecule has 0 aliphatic carbocycles. The van der Waals surface area contributed by atoms with Crippen LogP contribution in [0.2, 0.25) is 0 Å². The number of aromatic nitrogens is 1. The molecule has 0 saturated carbocycles. The SMILES string of the molecule is C=C/C(=C\C)c1ccc2c(ccc3c4ccc(Cc5ccccc5-c5ccccc5)cc4n(-c4ccc5ccccc5c4)c23)c1. The second-order valence-corrected chi connectivity index (χ2v) is 11.8. The first-order valence-corrected chi connectivity index (χ1v) is 15.6. The number of nitrogens with zero attached hydrogens (tertiary/aromatic N) is 1. The van der Waals surface area contributed by atoms with Crippen molar-refractivity contribution in [2.24, 2.45) is 0 Å². The maximum Gasteiger partial charge on any atom is 0.0619 e. The smallest absolute Gasteiger partial charge is 0.0619 e. The van der Waals surface area contributed by atoms with E-state index in [4.69, 9.17) is 0 Å². The third kappa shape index (κ3) is 4.65. The summed E-state index contributed by atoms with van der Waals surface area (Å²) in [6.45, 7) is 6.10. The molecular weight excluding hydrogens is 542 g/mol. The Bertz CT molecular complexity index is 2420. The Morgan fingerprint density at radius 1 is 0.622 bits per heavy atom. The van der Waals surface area contributed by atoms with E-state index < -0.39 is 0 Å². The van der Waals surface area contributed by atoms with Gasteiger partial charge in [-0.1, -0.05) is 140 Å². The molecule has 8 rings (SSSR count). The highest BCUT2D eigenvalue weighted by Crippen LogP contribution is 2.39. The summed E-state index contributed by atoms with van der Waals surface area (Å²) in [6.07, 6.45) is 4.91. The van der Waals surface area contributed by atoms with E-state index in [1.165, 1.54) is 76.9 Å². The van der Waals surface area contributed by atoms with Gasteiger partial charge in [0.2, 0.25) is 0 Å². The minimum atomic E-state index is 0.859. The van der Waals surface area contributed by atoms with Crippen molar-refractivity contribution >= 4 is 48.9 Å². The van der Waals surface area contributed by atoms with Crippen molar-refractivity contribution in [1.82, 2.24) is 4.57 Å². The lowest BCUT2D eigenvalue weighted by molar-refractivity contribution is 1.17. The number of hydrogen-bond acceptors (Lipinski definition) is 0. The molecule has 1 heteroatoms. The zero-order valence-electron chi connectivity index (χ0n) is 25.4. The predicted molar refractivity (Wildman–Crippen MR) is 194 cm³/mol. The van der Waals surface area contributed by atoms with Crippen LogP contribution in [-0.4, -0.2) is 4.57 Å². The summed E-state index contributed by atoms with van der Waals surface area (Å²) in [5, 5.41) is 7.50. The Balaban J connectivity index is 1.37. The van der Waals surface area contributed by atoms with Crippen molar-refractivity contribution in [3.63, 3.8) is 0 Å². The molecule has 214 valence electrons. The van der Waals surface area contributed by atoms with E-state index in [2.05, 4.69) is 170 Å². The zero-order valence-corrected chi connectivity index (χ0v) is 25.4.